The molecule has 7 heteroatoms. The molecule has 0 aliphatic carbocycles. The molecule has 0 saturated heterocycles. The van der Waals surface area contributed by atoms with E-state index >= 15 is 0 Å². The monoisotopic (exact) mass is 325 g/mol. The van der Waals surface area contributed by atoms with Crippen LogP contribution in [-0.4, -0.2) is 17.6 Å². The van der Waals surface area contributed by atoms with Gasteiger partial charge in [-0.3, -0.25) is 4.79 Å². The molecule has 0 atom stereocenters. The van der Waals surface area contributed by atoms with E-state index in [1.165, 1.54) is 24.5 Å². The van der Waals surface area contributed by atoms with E-state index in [1.54, 1.807) is 13.0 Å². The molecule has 0 fully saturated rings. The van der Waals surface area contributed by atoms with Crippen LogP contribution >= 0.6 is 0 Å². The second-order valence-electron chi connectivity index (χ2n) is 4.61. The Morgan fingerprint density at radius 1 is 1.26 bits per heavy atom. The number of hydrogen-bond donors (Lipinski definition) is 0. The highest BCUT2D eigenvalue weighted by atomic mass is 19.4. The zero-order chi connectivity index (χ0) is 16.9. The van der Waals surface area contributed by atoms with Gasteiger partial charge in [0.1, 0.15) is 6.26 Å². The lowest BCUT2D eigenvalue weighted by molar-refractivity contribution is -0.142. The number of hydrogen-bond acceptors (Lipinski definition) is 4. The van der Waals surface area contributed by atoms with E-state index < -0.39 is 17.7 Å². The van der Waals surface area contributed by atoms with E-state index in [2.05, 4.69) is 4.98 Å². The topological polar surface area (TPSA) is 52.3 Å². The molecule has 0 bridgehead atoms. The Morgan fingerprint density at radius 3 is 2.57 bits per heavy atom. The molecule has 2 aromatic rings. The molecule has 1 aromatic carbocycles. The fourth-order valence-corrected chi connectivity index (χ4v) is 1.79. The van der Waals surface area contributed by atoms with Crippen LogP contribution in [0.4, 0.5) is 13.2 Å². The van der Waals surface area contributed by atoms with Crippen molar-refractivity contribution in [1.29, 1.82) is 0 Å². The fourth-order valence-electron chi connectivity index (χ4n) is 1.79. The Labute approximate surface area is 130 Å². The van der Waals surface area contributed by atoms with Crippen molar-refractivity contribution < 1.29 is 27.1 Å². The third-order valence-electron chi connectivity index (χ3n) is 2.86. The second kappa shape index (κ2) is 7.13. The van der Waals surface area contributed by atoms with E-state index in [0.717, 1.165) is 12.1 Å². The standard InChI is InChI=1S/C16H14F3NO3/c1-2-22-15(21)9-13-10-23-14(20-13)8-5-11-3-6-12(7-4-11)16(17,18)19/h3-8,10H,2,9H2,1H3/b8-5+. The number of esters is 1. The van der Waals surface area contributed by atoms with Gasteiger partial charge in [0, 0.05) is 6.08 Å². The van der Waals surface area contributed by atoms with E-state index in [1.807, 2.05) is 0 Å². The molecule has 2 rings (SSSR count). The van der Waals surface area contributed by atoms with Crippen molar-refractivity contribution in [3.8, 4) is 0 Å². The van der Waals surface area contributed by atoms with Gasteiger partial charge in [0.05, 0.1) is 24.3 Å². The highest BCUT2D eigenvalue weighted by Gasteiger charge is 2.29. The van der Waals surface area contributed by atoms with E-state index in [9.17, 15) is 18.0 Å². The van der Waals surface area contributed by atoms with Crippen molar-refractivity contribution in [3.05, 3.63) is 53.2 Å². The van der Waals surface area contributed by atoms with Gasteiger partial charge in [0.2, 0.25) is 5.89 Å². The molecular formula is C16H14F3NO3. The number of ether oxygens (including phenoxy) is 1. The van der Waals surface area contributed by atoms with Crippen LogP contribution in [0.15, 0.2) is 34.9 Å². The quantitative estimate of drug-likeness (QED) is 0.781. The van der Waals surface area contributed by atoms with Crippen LogP contribution in [0.5, 0.6) is 0 Å². The minimum Gasteiger partial charge on any atom is -0.466 e. The Balaban J connectivity index is 2.00. The summed E-state index contributed by atoms with van der Waals surface area (Å²) in [5, 5.41) is 0. The summed E-state index contributed by atoms with van der Waals surface area (Å²) in [6.07, 6.45) is 0.0684. The minimum atomic E-state index is -4.35. The van der Waals surface area contributed by atoms with Crippen LogP contribution < -0.4 is 0 Å². The van der Waals surface area contributed by atoms with E-state index in [0.29, 0.717) is 11.3 Å². The number of aromatic nitrogens is 1. The number of carbonyl (C=O) groups is 1. The van der Waals surface area contributed by atoms with E-state index in [4.69, 9.17) is 9.15 Å². The Morgan fingerprint density at radius 2 is 1.96 bits per heavy atom. The van der Waals surface area contributed by atoms with Crippen LogP contribution in [0.3, 0.4) is 0 Å². The van der Waals surface area contributed by atoms with Crippen LogP contribution in [0.25, 0.3) is 12.2 Å². The van der Waals surface area contributed by atoms with Gasteiger partial charge >= 0.3 is 12.1 Å². The molecule has 0 N–H and O–H groups in total. The van der Waals surface area contributed by atoms with Crippen LogP contribution in [-0.2, 0) is 22.1 Å². The van der Waals surface area contributed by atoms with Crippen molar-refractivity contribution >= 4 is 18.1 Å². The molecule has 4 nitrogen and oxygen atoms in total. The first-order valence-electron chi connectivity index (χ1n) is 6.84. The number of oxazole rings is 1. The largest absolute Gasteiger partial charge is 0.466 e. The van der Waals surface area contributed by atoms with Crippen molar-refractivity contribution in [2.24, 2.45) is 0 Å². The first kappa shape index (κ1) is 16.8. The number of benzene rings is 1. The van der Waals surface area contributed by atoms with Gasteiger partial charge < -0.3 is 9.15 Å². The van der Waals surface area contributed by atoms with Gasteiger partial charge in [0.15, 0.2) is 0 Å². The predicted molar refractivity (Wildman–Crippen MR) is 77.2 cm³/mol. The molecule has 23 heavy (non-hydrogen) atoms. The Bertz CT molecular complexity index is 687. The highest BCUT2D eigenvalue weighted by molar-refractivity contribution is 5.72. The van der Waals surface area contributed by atoms with Gasteiger partial charge in [-0.25, -0.2) is 4.98 Å². The summed E-state index contributed by atoms with van der Waals surface area (Å²) >= 11 is 0. The number of halogens is 3. The molecule has 0 saturated carbocycles. The van der Waals surface area contributed by atoms with Crippen LogP contribution in [0.1, 0.15) is 29.6 Å². The maximum atomic E-state index is 12.5. The lowest BCUT2D eigenvalue weighted by Gasteiger charge is -2.05. The fraction of sp³-hybridized carbons (Fsp3) is 0.250. The maximum Gasteiger partial charge on any atom is 0.416 e. The van der Waals surface area contributed by atoms with Gasteiger partial charge in [-0.1, -0.05) is 12.1 Å². The van der Waals surface area contributed by atoms with Crippen molar-refractivity contribution in [3.63, 3.8) is 0 Å². The molecule has 0 aliphatic rings. The third-order valence-corrected chi connectivity index (χ3v) is 2.86. The third kappa shape index (κ3) is 4.98. The van der Waals surface area contributed by atoms with Crippen LogP contribution in [0, 0.1) is 0 Å². The summed E-state index contributed by atoms with van der Waals surface area (Å²) < 4.78 is 47.3. The van der Waals surface area contributed by atoms with Gasteiger partial charge in [-0.15, -0.1) is 0 Å². The van der Waals surface area contributed by atoms with Crippen LogP contribution in [0.2, 0.25) is 0 Å². The Kier molecular flexibility index (Phi) is 5.20. The lowest BCUT2D eigenvalue weighted by atomic mass is 10.1. The molecule has 122 valence electrons. The molecule has 1 aromatic heterocycles. The van der Waals surface area contributed by atoms with Gasteiger partial charge in [0.25, 0.3) is 0 Å². The van der Waals surface area contributed by atoms with Gasteiger partial charge in [-0.2, -0.15) is 13.2 Å². The number of nitrogens with zero attached hydrogens (tertiary/aromatic N) is 1. The first-order valence-corrected chi connectivity index (χ1v) is 6.84. The zero-order valence-electron chi connectivity index (χ0n) is 12.3. The normalized spacial score (nSPS) is 11.8. The highest BCUT2D eigenvalue weighted by Crippen LogP contribution is 2.29. The van der Waals surface area contributed by atoms with Crippen molar-refractivity contribution in [2.75, 3.05) is 6.61 Å². The summed E-state index contributed by atoms with van der Waals surface area (Å²) in [5.41, 5.74) is 0.293. The molecule has 1 heterocycles. The summed E-state index contributed by atoms with van der Waals surface area (Å²) in [6, 6.07) is 4.70. The molecule has 0 aliphatic heterocycles. The minimum absolute atomic E-state index is 0.00542. The second-order valence-corrected chi connectivity index (χ2v) is 4.61. The predicted octanol–water partition coefficient (Wildman–Crippen LogP) is 3.97. The number of alkyl halides is 3. The Hall–Kier alpha value is -2.57. The first-order chi connectivity index (χ1) is 10.9. The summed E-state index contributed by atoms with van der Waals surface area (Å²) in [6.45, 7) is 2.00. The lowest BCUT2D eigenvalue weighted by Crippen LogP contribution is -2.07. The van der Waals surface area contributed by atoms with Crippen molar-refractivity contribution in [1.82, 2.24) is 4.98 Å². The molecule has 0 unspecified atom stereocenters. The van der Waals surface area contributed by atoms with Gasteiger partial charge in [-0.05, 0) is 30.7 Å². The SMILES string of the molecule is CCOC(=O)Cc1coc(/C=C/c2ccc(C(F)(F)F)cc2)n1. The zero-order valence-corrected chi connectivity index (χ0v) is 12.3. The molecule has 0 radical (unpaired) electrons. The molecular weight excluding hydrogens is 311 g/mol. The number of carbonyl (C=O) groups excluding carboxylic acids is 1. The average molecular weight is 325 g/mol. The number of rotatable bonds is 5. The summed E-state index contributed by atoms with van der Waals surface area (Å²) in [5.74, 6) is -0.150. The van der Waals surface area contributed by atoms with Crippen molar-refractivity contribution in [2.45, 2.75) is 19.5 Å². The molecule has 0 spiro atoms. The molecule has 0 amide bonds. The average Bonchev–Trinajstić information content (AvgIpc) is 2.92. The smallest absolute Gasteiger partial charge is 0.416 e. The summed E-state index contributed by atoms with van der Waals surface area (Å²) in [4.78, 5) is 15.4. The van der Waals surface area contributed by atoms with E-state index in [-0.39, 0.29) is 18.9 Å². The summed E-state index contributed by atoms with van der Waals surface area (Å²) in [7, 11) is 0. The maximum absolute atomic E-state index is 12.5.